The highest BCUT2D eigenvalue weighted by Gasteiger charge is 2.30. The zero-order valence-electron chi connectivity index (χ0n) is 13.2. The van der Waals surface area contributed by atoms with Crippen LogP contribution in [0, 0.1) is 17.7 Å². The Bertz CT molecular complexity index is 449. The van der Waals surface area contributed by atoms with Crippen LogP contribution in [0.2, 0.25) is 0 Å². The molecule has 3 heteroatoms. The summed E-state index contributed by atoms with van der Waals surface area (Å²) >= 11 is 3.57. The molecule has 3 unspecified atom stereocenters. The van der Waals surface area contributed by atoms with Crippen molar-refractivity contribution >= 4 is 15.9 Å². The van der Waals surface area contributed by atoms with E-state index in [1.165, 1.54) is 31.7 Å². The lowest BCUT2D eigenvalue weighted by molar-refractivity contribution is 0.343. The minimum atomic E-state index is -0.139. The molecule has 0 amide bonds. The molecule has 0 heterocycles. The van der Waals surface area contributed by atoms with Crippen LogP contribution in [-0.4, -0.2) is 12.6 Å². The molecular weight excluding hydrogens is 329 g/mol. The third-order valence-electron chi connectivity index (χ3n) is 4.83. The van der Waals surface area contributed by atoms with Crippen molar-refractivity contribution in [3.05, 3.63) is 34.1 Å². The van der Waals surface area contributed by atoms with E-state index >= 15 is 0 Å². The van der Waals surface area contributed by atoms with Gasteiger partial charge in [0, 0.05) is 10.5 Å². The summed E-state index contributed by atoms with van der Waals surface area (Å²) in [5, 5.41) is 3.71. The van der Waals surface area contributed by atoms with Crippen molar-refractivity contribution in [3.8, 4) is 0 Å². The van der Waals surface area contributed by atoms with Gasteiger partial charge in [-0.15, -0.1) is 0 Å². The zero-order valence-corrected chi connectivity index (χ0v) is 14.8. The van der Waals surface area contributed by atoms with Crippen molar-refractivity contribution in [2.45, 2.75) is 58.4 Å². The molecule has 0 bridgehead atoms. The summed E-state index contributed by atoms with van der Waals surface area (Å²) in [5.74, 6) is 1.48. The van der Waals surface area contributed by atoms with E-state index < -0.39 is 0 Å². The van der Waals surface area contributed by atoms with Gasteiger partial charge in [0.2, 0.25) is 0 Å². The minimum absolute atomic E-state index is 0.139. The van der Waals surface area contributed by atoms with Crippen molar-refractivity contribution in [1.82, 2.24) is 5.32 Å². The Labute approximate surface area is 136 Å². The van der Waals surface area contributed by atoms with E-state index in [2.05, 4.69) is 35.1 Å². The molecule has 0 radical (unpaired) electrons. The fourth-order valence-electron chi connectivity index (χ4n) is 3.52. The number of halogens is 2. The molecule has 118 valence electrons. The summed E-state index contributed by atoms with van der Waals surface area (Å²) in [5.41, 5.74) is 1.09. The monoisotopic (exact) mass is 355 g/mol. The highest BCUT2D eigenvalue weighted by molar-refractivity contribution is 9.10. The summed E-state index contributed by atoms with van der Waals surface area (Å²) < 4.78 is 14.5. The highest BCUT2D eigenvalue weighted by atomic mass is 79.9. The Kier molecular flexibility index (Phi) is 6.69. The van der Waals surface area contributed by atoms with Crippen LogP contribution in [0.1, 0.15) is 51.5 Å². The molecule has 2 rings (SSSR count). The van der Waals surface area contributed by atoms with Gasteiger partial charge in [0.05, 0.1) is 0 Å². The first-order valence-electron chi connectivity index (χ1n) is 8.31. The fourth-order valence-corrected chi connectivity index (χ4v) is 3.93. The van der Waals surface area contributed by atoms with Crippen LogP contribution in [0.25, 0.3) is 0 Å². The van der Waals surface area contributed by atoms with Gasteiger partial charge in [-0.05, 0) is 67.8 Å². The lowest BCUT2D eigenvalue weighted by Crippen LogP contribution is -2.37. The molecule has 0 aromatic heterocycles. The molecule has 1 fully saturated rings. The van der Waals surface area contributed by atoms with Crippen LogP contribution >= 0.6 is 15.9 Å². The Morgan fingerprint density at radius 2 is 2.14 bits per heavy atom. The third kappa shape index (κ3) is 4.79. The maximum absolute atomic E-state index is 13.5. The van der Waals surface area contributed by atoms with Gasteiger partial charge in [0.1, 0.15) is 5.82 Å². The van der Waals surface area contributed by atoms with Crippen molar-refractivity contribution in [1.29, 1.82) is 0 Å². The van der Waals surface area contributed by atoms with E-state index in [4.69, 9.17) is 0 Å². The molecule has 1 N–H and O–H groups in total. The van der Waals surface area contributed by atoms with Gasteiger partial charge in [0.25, 0.3) is 0 Å². The predicted octanol–water partition coefficient (Wildman–Crippen LogP) is 5.33. The summed E-state index contributed by atoms with van der Waals surface area (Å²) in [6, 6.07) is 5.49. The number of hydrogen-bond acceptors (Lipinski definition) is 1. The van der Waals surface area contributed by atoms with Crippen molar-refractivity contribution in [3.63, 3.8) is 0 Å². The van der Waals surface area contributed by atoms with E-state index in [-0.39, 0.29) is 5.82 Å². The van der Waals surface area contributed by atoms with Gasteiger partial charge in [-0.2, -0.15) is 0 Å². The Balaban J connectivity index is 2.07. The molecule has 1 aromatic carbocycles. The van der Waals surface area contributed by atoms with E-state index in [9.17, 15) is 4.39 Å². The van der Waals surface area contributed by atoms with Crippen LogP contribution in [0.4, 0.5) is 4.39 Å². The van der Waals surface area contributed by atoms with E-state index in [1.807, 2.05) is 6.07 Å². The maximum atomic E-state index is 13.5. The lowest BCUT2D eigenvalue weighted by atomic mass is 9.90. The Hall–Kier alpha value is -0.410. The van der Waals surface area contributed by atoms with E-state index in [0.717, 1.165) is 41.3 Å². The molecule has 1 saturated carbocycles. The highest BCUT2D eigenvalue weighted by Crippen LogP contribution is 2.36. The van der Waals surface area contributed by atoms with Gasteiger partial charge in [-0.25, -0.2) is 4.39 Å². The molecule has 3 atom stereocenters. The molecule has 1 aliphatic carbocycles. The number of nitrogens with one attached hydrogen (secondary N) is 1. The summed E-state index contributed by atoms with van der Waals surface area (Å²) in [7, 11) is 0. The SMILES string of the molecule is CCCNC(Cc1cc(F)ccc1Br)C1CCC(CC)C1. The maximum Gasteiger partial charge on any atom is 0.123 e. The molecule has 0 aliphatic heterocycles. The second-order valence-corrected chi connectivity index (χ2v) is 7.20. The van der Waals surface area contributed by atoms with Crippen molar-refractivity contribution in [2.24, 2.45) is 11.8 Å². The average molecular weight is 356 g/mol. The standard InChI is InChI=1S/C18H27BrFN/c1-3-9-21-18(14-6-5-13(4-2)10-14)12-15-11-16(20)7-8-17(15)19/h7-8,11,13-14,18,21H,3-6,9-10,12H2,1-2H3. The lowest BCUT2D eigenvalue weighted by Gasteiger charge is -2.26. The molecule has 0 saturated heterocycles. The molecule has 1 aliphatic rings. The fraction of sp³-hybridized carbons (Fsp3) is 0.667. The largest absolute Gasteiger partial charge is 0.313 e. The molecule has 1 aromatic rings. The van der Waals surface area contributed by atoms with Gasteiger partial charge >= 0.3 is 0 Å². The van der Waals surface area contributed by atoms with Crippen molar-refractivity contribution < 1.29 is 4.39 Å². The van der Waals surface area contributed by atoms with E-state index in [0.29, 0.717) is 6.04 Å². The van der Waals surface area contributed by atoms with Crippen molar-refractivity contribution in [2.75, 3.05) is 6.54 Å². The van der Waals surface area contributed by atoms with Crippen LogP contribution in [0.3, 0.4) is 0 Å². The summed E-state index contributed by atoms with van der Waals surface area (Å²) in [4.78, 5) is 0. The molecule has 0 spiro atoms. The first-order chi connectivity index (χ1) is 10.1. The smallest absolute Gasteiger partial charge is 0.123 e. The molecule has 1 nitrogen and oxygen atoms in total. The van der Waals surface area contributed by atoms with Crippen LogP contribution in [0.15, 0.2) is 22.7 Å². The van der Waals surface area contributed by atoms with Gasteiger partial charge in [-0.1, -0.05) is 42.6 Å². The number of rotatable bonds is 7. The van der Waals surface area contributed by atoms with E-state index in [1.54, 1.807) is 6.07 Å². The predicted molar refractivity (Wildman–Crippen MR) is 91.0 cm³/mol. The van der Waals surface area contributed by atoms with Gasteiger partial charge < -0.3 is 5.32 Å². The first kappa shape index (κ1) is 17.0. The topological polar surface area (TPSA) is 12.0 Å². The number of benzene rings is 1. The van der Waals surface area contributed by atoms with Crippen LogP contribution in [0.5, 0.6) is 0 Å². The quantitative estimate of drug-likeness (QED) is 0.697. The molecule has 21 heavy (non-hydrogen) atoms. The van der Waals surface area contributed by atoms with Gasteiger partial charge in [-0.3, -0.25) is 0 Å². The second kappa shape index (κ2) is 8.28. The Morgan fingerprint density at radius 1 is 1.33 bits per heavy atom. The third-order valence-corrected chi connectivity index (χ3v) is 5.61. The van der Waals surface area contributed by atoms with Crippen LogP contribution < -0.4 is 5.32 Å². The minimum Gasteiger partial charge on any atom is -0.313 e. The average Bonchev–Trinajstić information content (AvgIpc) is 2.95. The first-order valence-corrected chi connectivity index (χ1v) is 9.10. The summed E-state index contributed by atoms with van der Waals surface area (Å²) in [6.45, 7) is 5.54. The Morgan fingerprint density at radius 3 is 2.81 bits per heavy atom. The molecular formula is C18H27BrFN. The summed E-state index contributed by atoms with van der Waals surface area (Å²) in [6.07, 6.45) is 7.35. The normalized spacial score (nSPS) is 23.4. The van der Waals surface area contributed by atoms with Gasteiger partial charge in [0.15, 0.2) is 0 Å². The second-order valence-electron chi connectivity index (χ2n) is 6.35. The number of hydrogen-bond donors (Lipinski definition) is 1. The van der Waals surface area contributed by atoms with Crippen LogP contribution in [-0.2, 0) is 6.42 Å². The zero-order chi connectivity index (χ0) is 15.2.